The van der Waals surface area contributed by atoms with Crippen LogP contribution in [0, 0.1) is 0 Å². The monoisotopic (exact) mass is 306 g/mol. The van der Waals surface area contributed by atoms with Crippen molar-refractivity contribution in [3.63, 3.8) is 0 Å². The Labute approximate surface area is 132 Å². The van der Waals surface area contributed by atoms with Gasteiger partial charge in [0.2, 0.25) is 0 Å². The van der Waals surface area contributed by atoms with Crippen LogP contribution in [-0.4, -0.2) is 37.6 Å². The predicted molar refractivity (Wildman–Crippen MR) is 88.0 cm³/mol. The van der Waals surface area contributed by atoms with E-state index in [4.69, 9.17) is 4.74 Å². The van der Waals surface area contributed by atoms with Crippen LogP contribution < -0.4 is 5.32 Å². The first-order valence-corrected chi connectivity index (χ1v) is 7.75. The fourth-order valence-corrected chi connectivity index (χ4v) is 1.93. The van der Waals surface area contributed by atoms with Gasteiger partial charge >= 0.3 is 12.0 Å². The van der Waals surface area contributed by atoms with Crippen LogP contribution in [0.25, 0.3) is 0 Å². The van der Waals surface area contributed by atoms with Crippen molar-refractivity contribution in [2.75, 3.05) is 26.0 Å². The van der Waals surface area contributed by atoms with Gasteiger partial charge in [-0.3, -0.25) is 4.79 Å². The van der Waals surface area contributed by atoms with Gasteiger partial charge in [0.05, 0.1) is 13.0 Å². The molecule has 1 N–H and O–H groups in total. The number of benzene rings is 1. The zero-order valence-electron chi connectivity index (χ0n) is 13.7. The van der Waals surface area contributed by atoms with Gasteiger partial charge in [-0.15, -0.1) is 0 Å². The summed E-state index contributed by atoms with van der Waals surface area (Å²) in [5.74, 6) is -0.229. The van der Waals surface area contributed by atoms with E-state index in [1.165, 1.54) is 17.7 Å². The molecule has 0 atom stereocenters. The number of urea groups is 1. The Kier molecular flexibility index (Phi) is 8.04. The summed E-state index contributed by atoms with van der Waals surface area (Å²) in [6, 6.07) is 7.05. The minimum absolute atomic E-state index is 0.198. The molecule has 0 bridgehead atoms. The van der Waals surface area contributed by atoms with E-state index in [0.717, 1.165) is 18.4 Å². The Morgan fingerprint density at radius 3 is 2.64 bits per heavy atom. The van der Waals surface area contributed by atoms with Crippen LogP contribution in [-0.2, 0) is 16.0 Å². The van der Waals surface area contributed by atoms with Crippen LogP contribution in [0.1, 0.15) is 38.2 Å². The van der Waals surface area contributed by atoms with Crippen molar-refractivity contribution in [2.45, 2.75) is 39.0 Å². The quantitative estimate of drug-likeness (QED) is 0.591. The molecule has 5 heteroatoms. The van der Waals surface area contributed by atoms with Crippen LogP contribution in [0.3, 0.4) is 0 Å². The maximum absolute atomic E-state index is 11.8. The summed E-state index contributed by atoms with van der Waals surface area (Å²) < 4.78 is 5.22. The van der Waals surface area contributed by atoms with E-state index < -0.39 is 0 Å². The van der Waals surface area contributed by atoms with E-state index in [0.29, 0.717) is 12.3 Å². The van der Waals surface area contributed by atoms with Crippen LogP contribution in [0.5, 0.6) is 0 Å². The van der Waals surface area contributed by atoms with E-state index in [9.17, 15) is 9.59 Å². The van der Waals surface area contributed by atoms with Crippen molar-refractivity contribution in [2.24, 2.45) is 0 Å². The molecule has 5 nitrogen and oxygen atoms in total. The first kappa shape index (κ1) is 18.0. The maximum Gasteiger partial charge on any atom is 0.321 e. The van der Waals surface area contributed by atoms with Crippen LogP contribution in [0.15, 0.2) is 24.3 Å². The predicted octanol–water partition coefficient (Wildman–Crippen LogP) is 3.45. The molecular formula is C17H26N2O3. The summed E-state index contributed by atoms with van der Waals surface area (Å²) in [4.78, 5) is 24.8. The van der Waals surface area contributed by atoms with Crippen molar-refractivity contribution in [3.05, 3.63) is 29.8 Å². The third kappa shape index (κ3) is 7.11. The lowest BCUT2D eigenvalue weighted by atomic mass is 10.1. The Morgan fingerprint density at radius 2 is 1.95 bits per heavy atom. The Morgan fingerprint density at radius 1 is 1.18 bits per heavy atom. The highest BCUT2D eigenvalue weighted by Gasteiger charge is 2.07. The highest BCUT2D eigenvalue weighted by molar-refractivity contribution is 5.89. The van der Waals surface area contributed by atoms with E-state index in [2.05, 4.69) is 12.2 Å². The highest BCUT2D eigenvalue weighted by Crippen LogP contribution is 2.12. The second-order valence-corrected chi connectivity index (χ2v) is 5.48. The molecule has 2 amide bonds. The number of hydrogen-bond acceptors (Lipinski definition) is 3. The molecule has 0 aliphatic rings. The van der Waals surface area contributed by atoms with Crippen LogP contribution >= 0.6 is 0 Å². The van der Waals surface area contributed by atoms with Gasteiger partial charge in [-0.2, -0.15) is 0 Å². The van der Waals surface area contributed by atoms with E-state index in [1.807, 2.05) is 12.1 Å². The van der Waals surface area contributed by atoms with Crippen LogP contribution in [0.2, 0.25) is 0 Å². The summed E-state index contributed by atoms with van der Waals surface area (Å²) in [7, 11) is 3.35. The SMILES string of the molecule is CCCCCCOC(=O)Cc1cccc(NC(=O)N(C)C)c1. The topological polar surface area (TPSA) is 58.6 Å². The molecule has 0 aliphatic heterocycles. The normalized spacial score (nSPS) is 10.1. The van der Waals surface area contributed by atoms with Crippen LogP contribution in [0.4, 0.5) is 10.5 Å². The standard InChI is InChI=1S/C17H26N2O3/c1-4-5-6-7-11-22-16(20)13-14-9-8-10-15(12-14)18-17(21)19(2)3/h8-10,12H,4-7,11,13H2,1-3H3,(H,18,21). The zero-order valence-corrected chi connectivity index (χ0v) is 13.7. The van der Waals surface area contributed by atoms with Crippen molar-refractivity contribution in [1.29, 1.82) is 0 Å². The molecule has 0 aliphatic carbocycles. The van der Waals surface area contributed by atoms with Gasteiger partial charge in [0.25, 0.3) is 0 Å². The number of carbonyl (C=O) groups excluding carboxylic acids is 2. The lowest BCUT2D eigenvalue weighted by molar-refractivity contribution is -0.142. The number of anilines is 1. The molecule has 1 aromatic carbocycles. The maximum atomic E-state index is 11.8. The number of amides is 2. The first-order valence-electron chi connectivity index (χ1n) is 7.75. The third-order valence-corrected chi connectivity index (χ3v) is 3.19. The average molecular weight is 306 g/mol. The fraction of sp³-hybridized carbons (Fsp3) is 0.529. The largest absolute Gasteiger partial charge is 0.465 e. The molecule has 22 heavy (non-hydrogen) atoms. The molecule has 0 spiro atoms. The molecule has 1 rings (SSSR count). The van der Waals surface area contributed by atoms with Gasteiger partial charge in [-0.1, -0.05) is 38.3 Å². The summed E-state index contributed by atoms with van der Waals surface area (Å²) in [5.41, 5.74) is 1.50. The first-order chi connectivity index (χ1) is 10.5. The molecule has 0 unspecified atom stereocenters. The minimum atomic E-state index is -0.229. The van der Waals surface area contributed by atoms with Gasteiger partial charge in [0, 0.05) is 19.8 Å². The molecular weight excluding hydrogens is 280 g/mol. The third-order valence-electron chi connectivity index (χ3n) is 3.19. The number of nitrogens with one attached hydrogen (secondary N) is 1. The molecule has 1 aromatic rings. The van der Waals surface area contributed by atoms with Gasteiger partial charge in [0.15, 0.2) is 0 Å². The molecule has 0 saturated heterocycles. The highest BCUT2D eigenvalue weighted by atomic mass is 16.5. The Balaban J connectivity index is 2.42. The number of unbranched alkanes of at least 4 members (excludes halogenated alkanes) is 3. The molecule has 0 radical (unpaired) electrons. The number of ether oxygens (including phenoxy) is 1. The van der Waals surface area contributed by atoms with E-state index >= 15 is 0 Å². The smallest absolute Gasteiger partial charge is 0.321 e. The number of nitrogens with zero attached hydrogens (tertiary/aromatic N) is 1. The molecule has 0 aromatic heterocycles. The summed E-state index contributed by atoms with van der Waals surface area (Å²) in [6.07, 6.45) is 4.57. The lowest BCUT2D eigenvalue weighted by Gasteiger charge is -2.12. The van der Waals surface area contributed by atoms with Crippen molar-refractivity contribution in [3.8, 4) is 0 Å². The second-order valence-electron chi connectivity index (χ2n) is 5.48. The summed E-state index contributed by atoms with van der Waals surface area (Å²) in [6.45, 7) is 2.63. The molecule has 0 heterocycles. The number of hydrogen-bond donors (Lipinski definition) is 1. The number of esters is 1. The Bertz CT molecular complexity index is 487. The van der Waals surface area contributed by atoms with Crippen molar-refractivity contribution in [1.82, 2.24) is 4.90 Å². The molecule has 0 saturated carbocycles. The zero-order chi connectivity index (χ0) is 16.4. The fourth-order valence-electron chi connectivity index (χ4n) is 1.93. The lowest BCUT2D eigenvalue weighted by Crippen LogP contribution is -2.27. The van der Waals surface area contributed by atoms with Crippen molar-refractivity contribution >= 4 is 17.7 Å². The Hall–Kier alpha value is -2.04. The second kappa shape index (κ2) is 9.82. The minimum Gasteiger partial charge on any atom is -0.465 e. The van der Waals surface area contributed by atoms with Crippen molar-refractivity contribution < 1.29 is 14.3 Å². The molecule has 122 valence electrons. The van der Waals surface area contributed by atoms with Gasteiger partial charge in [-0.25, -0.2) is 4.79 Å². The summed E-state index contributed by atoms with van der Waals surface area (Å²) >= 11 is 0. The van der Waals surface area contributed by atoms with Gasteiger partial charge in [-0.05, 0) is 24.1 Å². The molecule has 0 fully saturated rings. The number of rotatable bonds is 8. The van der Waals surface area contributed by atoms with Gasteiger partial charge in [0.1, 0.15) is 0 Å². The van der Waals surface area contributed by atoms with E-state index in [-0.39, 0.29) is 18.4 Å². The average Bonchev–Trinajstić information content (AvgIpc) is 2.47. The summed E-state index contributed by atoms with van der Waals surface area (Å²) in [5, 5.41) is 2.76. The van der Waals surface area contributed by atoms with E-state index in [1.54, 1.807) is 26.2 Å². The van der Waals surface area contributed by atoms with Gasteiger partial charge < -0.3 is 15.0 Å². The number of carbonyl (C=O) groups is 2.